The normalized spacial score (nSPS) is 21.8. The summed E-state index contributed by atoms with van der Waals surface area (Å²) in [6, 6.07) is 15.1. The van der Waals surface area contributed by atoms with Crippen molar-refractivity contribution in [2.24, 2.45) is 0 Å². The number of rotatable bonds is 3. The first kappa shape index (κ1) is 22.0. The minimum absolute atomic E-state index is 0.0961. The van der Waals surface area contributed by atoms with Crippen LogP contribution < -0.4 is 10.2 Å². The molecule has 2 aromatic carbocycles. The van der Waals surface area contributed by atoms with Crippen LogP contribution in [0, 0.1) is 0 Å². The standard InChI is InChI=1S/C27H33N3O3/c1-27(2,3)33-26(32)28-20-11-10-19-9-8-18-6-4-5-7-23(18)30(24(19)16-20)25(31)17-29-21-12-13-22(29)15-14-21/h4-7,10-11,16,21-22H,8-9,12-15,17H2,1-3H3,(H,28,32). The molecule has 3 aliphatic heterocycles. The Kier molecular flexibility index (Phi) is 5.65. The molecule has 2 amide bonds. The monoisotopic (exact) mass is 447 g/mol. The zero-order valence-electron chi connectivity index (χ0n) is 19.8. The zero-order valence-corrected chi connectivity index (χ0v) is 19.8. The molecule has 6 nitrogen and oxygen atoms in total. The van der Waals surface area contributed by atoms with E-state index in [9.17, 15) is 9.59 Å². The summed E-state index contributed by atoms with van der Waals surface area (Å²) in [6.07, 6.45) is 6.04. The summed E-state index contributed by atoms with van der Waals surface area (Å²) < 4.78 is 5.42. The third kappa shape index (κ3) is 4.49. The lowest BCUT2D eigenvalue weighted by Crippen LogP contribution is -2.40. The second-order valence-corrected chi connectivity index (χ2v) is 10.5. The van der Waals surface area contributed by atoms with Crippen molar-refractivity contribution in [2.45, 2.75) is 77.0 Å². The molecule has 0 aromatic heterocycles. The van der Waals surface area contributed by atoms with E-state index in [4.69, 9.17) is 4.74 Å². The van der Waals surface area contributed by atoms with Crippen molar-refractivity contribution in [1.29, 1.82) is 0 Å². The van der Waals surface area contributed by atoms with E-state index < -0.39 is 11.7 Å². The van der Waals surface area contributed by atoms with Crippen molar-refractivity contribution in [3.63, 3.8) is 0 Å². The van der Waals surface area contributed by atoms with Crippen LogP contribution >= 0.6 is 0 Å². The van der Waals surface area contributed by atoms with Crippen LogP contribution in [-0.2, 0) is 22.4 Å². The molecule has 2 fully saturated rings. The van der Waals surface area contributed by atoms with Gasteiger partial charge in [-0.25, -0.2) is 4.79 Å². The molecule has 0 radical (unpaired) electrons. The Labute approximate surface area is 195 Å². The van der Waals surface area contributed by atoms with E-state index in [1.807, 2.05) is 62.1 Å². The van der Waals surface area contributed by atoms with Crippen LogP contribution in [0.4, 0.5) is 21.9 Å². The van der Waals surface area contributed by atoms with Gasteiger partial charge in [0.25, 0.3) is 0 Å². The van der Waals surface area contributed by atoms with Crippen molar-refractivity contribution in [1.82, 2.24) is 4.90 Å². The number of benzene rings is 2. The third-order valence-electron chi connectivity index (χ3n) is 7.04. The van der Waals surface area contributed by atoms with E-state index in [0.717, 1.165) is 29.8 Å². The van der Waals surface area contributed by atoms with Crippen molar-refractivity contribution < 1.29 is 14.3 Å². The number of anilines is 3. The molecule has 3 heterocycles. The van der Waals surface area contributed by atoms with Crippen LogP contribution in [0.15, 0.2) is 42.5 Å². The maximum atomic E-state index is 13.8. The minimum Gasteiger partial charge on any atom is -0.444 e. The molecule has 33 heavy (non-hydrogen) atoms. The van der Waals surface area contributed by atoms with Gasteiger partial charge in [0.1, 0.15) is 5.60 Å². The van der Waals surface area contributed by atoms with Crippen molar-refractivity contribution in [3.8, 4) is 0 Å². The van der Waals surface area contributed by atoms with E-state index in [1.165, 1.54) is 31.2 Å². The number of hydrogen-bond acceptors (Lipinski definition) is 4. The summed E-state index contributed by atoms with van der Waals surface area (Å²) in [4.78, 5) is 30.5. The molecule has 174 valence electrons. The molecule has 1 N–H and O–H groups in total. The van der Waals surface area contributed by atoms with Gasteiger partial charge in [0, 0.05) is 17.8 Å². The number of hydrogen-bond donors (Lipinski definition) is 1. The van der Waals surface area contributed by atoms with E-state index >= 15 is 0 Å². The van der Waals surface area contributed by atoms with Crippen LogP contribution in [-0.4, -0.2) is 41.1 Å². The van der Waals surface area contributed by atoms with Crippen LogP contribution in [0.25, 0.3) is 0 Å². The predicted octanol–water partition coefficient (Wildman–Crippen LogP) is 5.42. The van der Waals surface area contributed by atoms with Crippen molar-refractivity contribution in [3.05, 3.63) is 53.6 Å². The first-order valence-corrected chi connectivity index (χ1v) is 12.1. The van der Waals surface area contributed by atoms with E-state index in [2.05, 4.69) is 16.3 Å². The number of nitrogens with zero attached hydrogens (tertiary/aromatic N) is 2. The molecule has 2 saturated heterocycles. The van der Waals surface area contributed by atoms with Crippen LogP contribution in [0.5, 0.6) is 0 Å². The Balaban J connectivity index is 1.48. The number of carbonyl (C=O) groups excluding carboxylic acids is 2. The van der Waals surface area contributed by atoms with E-state index in [1.54, 1.807) is 0 Å². The Morgan fingerprint density at radius 2 is 1.58 bits per heavy atom. The quantitative estimate of drug-likeness (QED) is 0.682. The van der Waals surface area contributed by atoms with Gasteiger partial charge in [0.15, 0.2) is 0 Å². The van der Waals surface area contributed by atoms with Gasteiger partial charge in [-0.05, 0) is 88.6 Å². The van der Waals surface area contributed by atoms with Gasteiger partial charge < -0.3 is 4.74 Å². The van der Waals surface area contributed by atoms with E-state index in [-0.39, 0.29) is 5.91 Å². The molecular formula is C27H33N3O3. The summed E-state index contributed by atoms with van der Waals surface area (Å²) in [6.45, 7) is 5.96. The molecule has 5 rings (SSSR count). The maximum Gasteiger partial charge on any atom is 0.412 e. The topological polar surface area (TPSA) is 61.9 Å². The number of amides is 2. The Morgan fingerprint density at radius 3 is 2.24 bits per heavy atom. The predicted molar refractivity (Wildman–Crippen MR) is 130 cm³/mol. The lowest BCUT2D eigenvalue weighted by atomic mass is 10.0. The van der Waals surface area contributed by atoms with Gasteiger partial charge in [-0.3, -0.25) is 19.9 Å². The number of para-hydroxylation sites is 1. The fourth-order valence-electron chi connectivity index (χ4n) is 5.60. The highest BCUT2D eigenvalue weighted by Crippen LogP contribution is 2.40. The summed E-state index contributed by atoms with van der Waals surface area (Å²) in [5.74, 6) is 0.0961. The number of fused-ring (bicyclic) bond motifs is 4. The van der Waals surface area contributed by atoms with Gasteiger partial charge in [0.05, 0.1) is 17.9 Å². The summed E-state index contributed by atoms with van der Waals surface area (Å²) >= 11 is 0. The van der Waals surface area contributed by atoms with Gasteiger partial charge in [-0.2, -0.15) is 0 Å². The van der Waals surface area contributed by atoms with Crippen LogP contribution in [0.2, 0.25) is 0 Å². The third-order valence-corrected chi connectivity index (χ3v) is 7.04. The molecule has 2 bridgehead atoms. The lowest BCUT2D eigenvalue weighted by Gasteiger charge is -2.29. The van der Waals surface area contributed by atoms with Crippen molar-refractivity contribution in [2.75, 3.05) is 16.8 Å². The number of aryl methyl sites for hydroxylation is 2. The fourth-order valence-corrected chi connectivity index (χ4v) is 5.60. The average Bonchev–Trinajstić information content (AvgIpc) is 3.26. The fraction of sp³-hybridized carbons (Fsp3) is 0.481. The first-order chi connectivity index (χ1) is 15.8. The molecule has 6 heteroatoms. The van der Waals surface area contributed by atoms with Crippen molar-refractivity contribution >= 4 is 29.1 Å². The molecule has 0 spiro atoms. The zero-order chi connectivity index (χ0) is 23.2. The summed E-state index contributed by atoms with van der Waals surface area (Å²) in [7, 11) is 0. The van der Waals surface area contributed by atoms with Gasteiger partial charge in [0.2, 0.25) is 5.91 Å². The summed E-state index contributed by atoms with van der Waals surface area (Å²) in [5.41, 5.74) is 4.13. The largest absolute Gasteiger partial charge is 0.444 e. The molecule has 3 aliphatic rings. The highest BCUT2D eigenvalue weighted by Gasteiger charge is 2.41. The minimum atomic E-state index is -0.578. The highest BCUT2D eigenvalue weighted by atomic mass is 16.6. The van der Waals surface area contributed by atoms with E-state index in [0.29, 0.717) is 24.3 Å². The second kappa shape index (κ2) is 8.49. The molecular weight excluding hydrogens is 414 g/mol. The number of carbonyl (C=O) groups is 2. The molecule has 0 unspecified atom stereocenters. The first-order valence-electron chi connectivity index (χ1n) is 12.1. The lowest BCUT2D eigenvalue weighted by molar-refractivity contribution is -0.119. The number of ether oxygens (including phenoxy) is 1. The Morgan fingerprint density at radius 1 is 0.939 bits per heavy atom. The number of nitrogens with one attached hydrogen (secondary N) is 1. The van der Waals surface area contributed by atoms with Gasteiger partial charge >= 0.3 is 6.09 Å². The highest BCUT2D eigenvalue weighted by molar-refractivity contribution is 6.04. The van der Waals surface area contributed by atoms with Crippen LogP contribution in [0.3, 0.4) is 0 Å². The SMILES string of the molecule is CC(C)(C)OC(=O)Nc1ccc2c(c1)N(C(=O)CN1C3CCC1CC3)c1ccccc1CC2. The van der Waals surface area contributed by atoms with Gasteiger partial charge in [-0.15, -0.1) is 0 Å². The molecule has 0 saturated carbocycles. The molecule has 0 aliphatic carbocycles. The Bertz CT molecular complexity index is 1050. The average molecular weight is 448 g/mol. The second-order valence-electron chi connectivity index (χ2n) is 10.5. The molecule has 0 atom stereocenters. The maximum absolute atomic E-state index is 13.8. The molecule has 2 aromatic rings. The smallest absolute Gasteiger partial charge is 0.412 e. The van der Waals surface area contributed by atoms with Crippen LogP contribution in [0.1, 0.15) is 57.6 Å². The van der Waals surface area contributed by atoms with Gasteiger partial charge in [-0.1, -0.05) is 24.3 Å². The summed E-state index contributed by atoms with van der Waals surface area (Å²) in [5, 5.41) is 2.84. The Hall–Kier alpha value is -2.86.